The summed E-state index contributed by atoms with van der Waals surface area (Å²) in [5.41, 5.74) is 0.877. The number of nitrogens with one attached hydrogen (secondary N) is 1. The normalized spacial score (nSPS) is 19.5. The summed E-state index contributed by atoms with van der Waals surface area (Å²) in [4.78, 5) is 9.83. The molecule has 1 aromatic heterocycles. The minimum atomic E-state index is -0.772. The molecule has 0 bridgehead atoms. The third-order valence-corrected chi connectivity index (χ3v) is 4.36. The third kappa shape index (κ3) is 3.91. The molecule has 1 fully saturated rings. The first-order valence-corrected chi connectivity index (χ1v) is 7.85. The van der Waals surface area contributed by atoms with Crippen molar-refractivity contribution in [1.82, 2.24) is 14.9 Å². The molecule has 0 radical (unpaired) electrons. The third-order valence-electron chi connectivity index (χ3n) is 4.36. The topological polar surface area (TPSA) is 31.9 Å². The summed E-state index contributed by atoms with van der Waals surface area (Å²) in [6.45, 7) is 3.00. The molecule has 1 atom stereocenters. The zero-order valence-electron chi connectivity index (χ0n) is 12.6. The molecular weight excluding hydrogens is 284 g/mol. The smallest absolute Gasteiger partial charge is 0.159 e. The van der Waals surface area contributed by atoms with Gasteiger partial charge in [-0.25, -0.2) is 13.8 Å². The maximum Gasteiger partial charge on any atom is 0.159 e. The van der Waals surface area contributed by atoms with Crippen molar-refractivity contribution in [1.29, 1.82) is 0 Å². The van der Waals surface area contributed by atoms with Crippen molar-refractivity contribution in [3.05, 3.63) is 53.6 Å². The van der Waals surface area contributed by atoms with E-state index in [0.29, 0.717) is 5.92 Å². The van der Waals surface area contributed by atoms with Crippen molar-refractivity contribution in [2.24, 2.45) is 5.92 Å². The first-order chi connectivity index (χ1) is 10.7. The van der Waals surface area contributed by atoms with Crippen molar-refractivity contribution < 1.29 is 8.78 Å². The first-order valence-electron chi connectivity index (χ1n) is 7.85. The van der Waals surface area contributed by atoms with Gasteiger partial charge in [0.2, 0.25) is 0 Å². The van der Waals surface area contributed by atoms with E-state index in [0.717, 1.165) is 43.9 Å². The SMILES string of the molecule is Fc1ccc(CC[C@H]2CCCN(Cc3ncc[nH]3)C2)cc1F. The number of aryl methyl sites for hydroxylation is 1. The Balaban J connectivity index is 1.50. The second-order valence-corrected chi connectivity index (χ2v) is 6.07. The first kappa shape index (κ1) is 15.2. The number of hydrogen-bond acceptors (Lipinski definition) is 2. The minimum Gasteiger partial charge on any atom is -0.348 e. The van der Waals surface area contributed by atoms with Crippen LogP contribution >= 0.6 is 0 Å². The van der Waals surface area contributed by atoms with Crippen molar-refractivity contribution in [2.45, 2.75) is 32.2 Å². The molecule has 1 aromatic carbocycles. The highest BCUT2D eigenvalue weighted by Gasteiger charge is 2.20. The van der Waals surface area contributed by atoms with Gasteiger partial charge in [0.1, 0.15) is 5.82 Å². The lowest BCUT2D eigenvalue weighted by Gasteiger charge is -2.32. The molecular formula is C17H21F2N3. The Morgan fingerprint density at radius 3 is 2.95 bits per heavy atom. The summed E-state index contributed by atoms with van der Waals surface area (Å²) in [6.07, 6.45) is 7.83. The molecule has 2 aromatic rings. The number of aromatic nitrogens is 2. The molecule has 0 spiro atoms. The Hall–Kier alpha value is -1.75. The van der Waals surface area contributed by atoms with E-state index in [2.05, 4.69) is 14.9 Å². The Kier molecular flexibility index (Phi) is 4.83. The number of likely N-dealkylation sites (tertiary alicyclic amines) is 1. The van der Waals surface area contributed by atoms with Gasteiger partial charge in [-0.15, -0.1) is 0 Å². The second kappa shape index (κ2) is 7.01. The molecule has 2 heterocycles. The van der Waals surface area contributed by atoms with Crippen molar-refractivity contribution in [2.75, 3.05) is 13.1 Å². The van der Waals surface area contributed by atoms with Crippen LogP contribution in [0.1, 0.15) is 30.7 Å². The van der Waals surface area contributed by atoms with E-state index in [1.165, 1.54) is 25.0 Å². The van der Waals surface area contributed by atoms with Crippen LogP contribution < -0.4 is 0 Å². The molecule has 3 rings (SSSR count). The van der Waals surface area contributed by atoms with Crippen LogP contribution in [0.4, 0.5) is 8.78 Å². The summed E-state index contributed by atoms with van der Waals surface area (Å²) >= 11 is 0. The van der Waals surface area contributed by atoms with Gasteiger partial charge in [0, 0.05) is 18.9 Å². The molecule has 0 amide bonds. The monoisotopic (exact) mass is 305 g/mol. The maximum atomic E-state index is 13.2. The van der Waals surface area contributed by atoms with Gasteiger partial charge in [0.05, 0.1) is 6.54 Å². The van der Waals surface area contributed by atoms with Gasteiger partial charge in [-0.05, 0) is 55.8 Å². The Labute approximate surface area is 129 Å². The number of piperidine rings is 1. The van der Waals surface area contributed by atoms with E-state index >= 15 is 0 Å². The second-order valence-electron chi connectivity index (χ2n) is 6.07. The predicted octanol–water partition coefficient (Wildman–Crippen LogP) is 3.53. The van der Waals surface area contributed by atoms with Crippen molar-refractivity contribution in [3.63, 3.8) is 0 Å². The molecule has 0 saturated carbocycles. The Bertz CT molecular complexity index is 598. The largest absolute Gasteiger partial charge is 0.348 e. The molecule has 1 N–H and O–H groups in total. The molecule has 1 saturated heterocycles. The molecule has 118 valence electrons. The Morgan fingerprint density at radius 2 is 2.18 bits per heavy atom. The standard InChI is InChI=1S/C17H21F2N3/c18-15-6-5-13(10-16(15)19)3-4-14-2-1-9-22(11-14)12-17-20-7-8-21-17/h5-8,10,14H,1-4,9,11-12H2,(H,20,21)/t14-/m1/s1. The van der Waals surface area contributed by atoms with Gasteiger partial charge in [-0.1, -0.05) is 6.07 Å². The highest BCUT2D eigenvalue weighted by atomic mass is 19.2. The summed E-state index contributed by atoms with van der Waals surface area (Å²) in [5.74, 6) is 0.0877. The van der Waals surface area contributed by atoms with Gasteiger partial charge in [-0.2, -0.15) is 0 Å². The van der Waals surface area contributed by atoms with Crippen LogP contribution in [0.5, 0.6) is 0 Å². The van der Waals surface area contributed by atoms with Crippen LogP contribution in [-0.2, 0) is 13.0 Å². The number of hydrogen-bond donors (Lipinski definition) is 1. The highest BCUT2D eigenvalue weighted by molar-refractivity contribution is 5.17. The van der Waals surface area contributed by atoms with E-state index in [1.807, 2.05) is 6.20 Å². The molecule has 22 heavy (non-hydrogen) atoms. The fraction of sp³-hybridized carbons (Fsp3) is 0.471. The fourth-order valence-electron chi connectivity index (χ4n) is 3.19. The van der Waals surface area contributed by atoms with E-state index < -0.39 is 11.6 Å². The van der Waals surface area contributed by atoms with E-state index in [-0.39, 0.29) is 0 Å². The van der Waals surface area contributed by atoms with Gasteiger partial charge >= 0.3 is 0 Å². The summed E-state index contributed by atoms with van der Waals surface area (Å²) in [5, 5.41) is 0. The number of aromatic amines is 1. The molecule has 0 unspecified atom stereocenters. The van der Waals surface area contributed by atoms with Crippen LogP contribution in [0.3, 0.4) is 0 Å². The van der Waals surface area contributed by atoms with Gasteiger partial charge in [0.25, 0.3) is 0 Å². The number of benzene rings is 1. The molecule has 0 aliphatic carbocycles. The van der Waals surface area contributed by atoms with Crippen molar-refractivity contribution in [3.8, 4) is 0 Å². The average Bonchev–Trinajstić information content (AvgIpc) is 3.02. The van der Waals surface area contributed by atoms with E-state index in [9.17, 15) is 8.78 Å². The van der Waals surface area contributed by atoms with Crippen LogP contribution in [0.25, 0.3) is 0 Å². The number of H-pyrrole nitrogens is 1. The average molecular weight is 305 g/mol. The number of rotatable bonds is 5. The molecule has 5 heteroatoms. The number of halogens is 2. The fourth-order valence-corrected chi connectivity index (χ4v) is 3.19. The van der Waals surface area contributed by atoms with Crippen molar-refractivity contribution >= 4 is 0 Å². The van der Waals surface area contributed by atoms with Crippen LogP contribution in [0.2, 0.25) is 0 Å². The van der Waals surface area contributed by atoms with Crippen LogP contribution in [-0.4, -0.2) is 28.0 Å². The van der Waals surface area contributed by atoms with E-state index in [1.54, 1.807) is 12.3 Å². The maximum absolute atomic E-state index is 13.2. The lowest BCUT2D eigenvalue weighted by Crippen LogP contribution is -2.35. The molecule has 1 aliphatic heterocycles. The number of imidazole rings is 1. The predicted molar refractivity (Wildman–Crippen MR) is 81.3 cm³/mol. The van der Waals surface area contributed by atoms with E-state index in [4.69, 9.17) is 0 Å². The highest BCUT2D eigenvalue weighted by Crippen LogP contribution is 2.23. The lowest BCUT2D eigenvalue weighted by atomic mass is 9.91. The van der Waals surface area contributed by atoms with Gasteiger partial charge in [-0.3, -0.25) is 4.90 Å². The summed E-state index contributed by atoms with van der Waals surface area (Å²) < 4.78 is 26.2. The lowest BCUT2D eigenvalue weighted by molar-refractivity contribution is 0.159. The molecule has 3 nitrogen and oxygen atoms in total. The summed E-state index contributed by atoms with van der Waals surface area (Å²) in [6, 6.07) is 4.22. The Morgan fingerprint density at radius 1 is 1.27 bits per heavy atom. The minimum absolute atomic E-state index is 0.608. The molecule has 1 aliphatic rings. The van der Waals surface area contributed by atoms with Gasteiger partial charge < -0.3 is 4.98 Å². The summed E-state index contributed by atoms with van der Waals surface area (Å²) in [7, 11) is 0. The number of nitrogens with zero attached hydrogens (tertiary/aromatic N) is 2. The zero-order chi connectivity index (χ0) is 15.4. The quantitative estimate of drug-likeness (QED) is 0.916. The van der Waals surface area contributed by atoms with Crippen LogP contribution in [0, 0.1) is 17.6 Å². The van der Waals surface area contributed by atoms with Gasteiger partial charge in [0.15, 0.2) is 11.6 Å². The zero-order valence-corrected chi connectivity index (χ0v) is 12.6. The van der Waals surface area contributed by atoms with Crippen LogP contribution in [0.15, 0.2) is 30.6 Å².